The van der Waals surface area contributed by atoms with Crippen molar-refractivity contribution in [3.05, 3.63) is 63.5 Å². The number of hydrogen-bond acceptors (Lipinski definition) is 1. The van der Waals surface area contributed by atoms with Gasteiger partial charge in [0.25, 0.3) is 5.85 Å². The highest BCUT2D eigenvalue weighted by molar-refractivity contribution is 6.12. The van der Waals surface area contributed by atoms with Crippen molar-refractivity contribution in [2.45, 2.75) is 107 Å². The van der Waals surface area contributed by atoms with Crippen LogP contribution in [0.4, 0.5) is 184 Å². The third kappa shape index (κ3) is 7.23. The average molecular weight is 1230 g/mol. The number of fused-ring (bicyclic) bond motifs is 5. The second-order valence-electron chi connectivity index (χ2n) is 15.5. The highest BCUT2D eigenvalue weighted by atomic mass is 19.4. The summed E-state index contributed by atoms with van der Waals surface area (Å²) in [7, 11) is 0. The number of hydrogen-bond donors (Lipinski definition) is 1. The van der Waals surface area contributed by atoms with Crippen LogP contribution in [0.2, 0.25) is 0 Å². The van der Waals surface area contributed by atoms with E-state index >= 15 is 35.1 Å². The molecule has 0 saturated carbocycles. The van der Waals surface area contributed by atoms with Gasteiger partial charge in [-0.3, -0.25) is 0 Å². The van der Waals surface area contributed by atoms with Crippen molar-refractivity contribution in [2.24, 2.45) is 0 Å². The van der Waals surface area contributed by atoms with Crippen LogP contribution in [0.15, 0.2) is 5.83 Å². The molecule has 1 nitrogen and oxygen atoms in total. The summed E-state index contributed by atoms with van der Waals surface area (Å²) in [4.78, 5) is 0. The fourth-order valence-corrected chi connectivity index (χ4v) is 6.82. The van der Waals surface area contributed by atoms with Crippen molar-refractivity contribution in [1.29, 1.82) is 0 Å². The summed E-state index contributed by atoms with van der Waals surface area (Å²) in [5.41, 5.74) is -6.75. The summed E-state index contributed by atoms with van der Waals surface area (Å²) in [5.74, 6) is -188. The summed E-state index contributed by atoms with van der Waals surface area (Å²) in [5, 5.41) is -1.59. The molecule has 0 bridgehead atoms. The molecule has 77 heavy (non-hydrogen) atoms. The van der Waals surface area contributed by atoms with E-state index in [4.69, 9.17) is 0 Å². The molecule has 0 heterocycles. The lowest BCUT2D eigenvalue weighted by atomic mass is 9.74. The van der Waals surface area contributed by atoms with E-state index in [1.165, 1.54) is 0 Å². The molecule has 0 aliphatic heterocycles. The predicted molar refractivity (Wildman–Crippen MR) is 159 cm³/mol. The van der Waals surface area contributed by atoms with Crippen LogP contribution in [0.3, 0.4) is 0 Å². The number of aliphatic hydroxyl groups is 1. The molecule has 1 aliphatic carbocycles. The molecule has 0 spiro atoms. The van der Waals surface area contributed by atoms with Crippen LogP contribution in [0, 0.1) is 46.5 Å². The Labute approximate surface area is 388 Å². The van der Waals surface area contributed by atoms with Crippen LogP contribution < -0.4 is 0 Å². The lowest BCUT2D eigenvalue weighted by Gasteiger charge is -2.47. The molecule has 0 fully saturated rings. The number of allylic oxidation sites excluding steroid dienone is 1. The summed E-state index contributed by atoms with van der Waals surface area (Å²) in [6.07, 6.45) is -12.0. The van der Waals surface area contributed by atoms with E-state index in [-0.39, 0.29) is 0 Å². The van der Waals surface area contributed by atoms with Gasteiger partial charge in [0, 0.05) is 33.7 Å². The Kier molecular flexibility index (Phi) is 14.2. The van der Waals surface area contributed by atoms with Crippen molar-refractivity contribution in [1.82, 2.24) is 0 Å². The lowest BCUT2D eigenvalue weighted by Crippen LogP contribution is -2.80. The second-order valence-corrected chi connectivity index (χ2v) is 15.5. The molecular weight excluding hydrogens is 1220 g/mol. The molecule has 2 atom stereocenters. The summed E-state index contributed by atoms with van der Waals surface area (Å²) >= 11 is 0. The highest BCUT2D eigenvalue weighted by Gasteiger charge is 3.02. The third-order valence-electron chi connectivity index (χ3n) is 11.1. The smallest absolute Gasteiger partial charge is 0.356 e. The van der Waals surface area contributed by atoms with E-state index < -0.39 is 198 Å². The minimum Gasteiger partial charge on any atom is -0.356 e. The van der Waals surface area contributed by atoms with E-state index in [9.17, 15) is 154 Å². The van der Waals surface area contributed by atoms with Crippen LogP contribution in [0.1, 0.15) is 23.5 Å². The number of halogens is 42. The molecule has 1 N–H and O–H groups in total. The molecule has 1 aliphatic rings. The van der Waals surface area contributed by atoms with Gasteiger partial charge in [-0.25, -0.2) is 48.3 Å². The van der Waals surface area contributed by atoms with E-state index in [0.717, 1.165) is 0 Å². The van der Waals surface area contributed by atoms with Crippen LogP contribution >= 0.6 is 0 Å². The average Bonchev–Trinajstić information content (AvgIpc) is 3.26. The number of alkyl halides is 32. The Morgan fingerprint density at radius 2 is 0.481 bits per heavy atom. The maximum Gasteiger partial charge on any atom is 0.460 e. The Morgan fingerprint density at radius 1 is 0.260 bits per heavy atom. The SMILES string of the molecule is OC(F)(C1CC(F)=C(F)c2c1c(F)c(F)c1c2c(F)c(F)c2c(F)c(F)c(F)c(F)c21)C(F)(F)C(F)(F)C(F)(F)C(F)(F)C(F)(F)C(F)(F)C(F)(F)C(F)(F)C(F)(F)C(F)(F)C(F)(F)C(F)(F)C(F)(F)C(F)(F)C(F)(F)F. The van der Waals surface area contributed by atoms with Gasteiger partial charge in [-0.05, 0) is 0 Å². The second kappa shape index (κ2) is 17.0. The fraction of sp³-hybridized carbons (Fsp3) is 0.529. The minimum atomic E-state index is -10.5. The Morgan fingerprint density at radius 3 is 0.779 bits per heavy atom. The quantitative estimate of drug-likeness (QED) is 0.0696. The highest BCUT2D eigenvalue weighted by Crippen LogP contribution is 2.71. The summed E-state index contributed by atoms with van der Waals surface area (Å²) in [6.45, 7) is 0. The first kappa shape index (κ1) is 64.5. The fourth-order valence-electron chi connectivity index (χ4n) is 6.82. The Bertz CT molecular complexity index is 2930. The van der Waals surface area contributed by atoms with Crippen LogP contribution in [-0.4, -0.2) is 100 Å². The Hall–Kier alpha value is -5.06. The van der Waals surface area contributed by atoms with Crippen LogP contribution in [0.5, 0.6) is 0 Å². The monoisotopic (exact) mass is 1230 g/mol. The van der Waals surface area contributed by atoms with Gasteiger partial charge < -0.3 is 5.11 Å². The molecule has 440 valence electrons. The molecule has 0 radical (unpaired) electrons. The van der Waals surface area contributed by atoms with E-state index in [1.807, 2.05) is 0 Å². The maximum absolute atomic E-state index is 15.8. The zero-order valence-electron chi connectivity index (χ0n) is 33.6. The zero-order chi connectivity index (χ0) is 61.5. The van der Waals surface area contributed by atoms with E-state index in [1.54, 1.807) is 0 Å². The first-order valence-electron chi connectivity index (χ1n) is 17.8. The van der Waals surface area contributed by atoms with Crippen molar-refractivity contribution in [3.8, 4) is 0 Å². The van der Waals surface area contributed by atoms with Gasteiger partial charge in [-0.15, -0.1) is 0 Å². The van der Waals surface area contributed by atoms with Gasteiger partial charge in [0.1, 0.15) is 5.83 Å². The summed E-state index contributed by atoms with van der Waals surface area (Å²) in [6, 6.07) is 0. The Balaban J connectivity index is 1.96. The molecule has 3 aromatic carbocycles. The van der Waals surface area contributed by atoms with Crippen LogP contribution in [0.25, 0.3) is 27.4 Å². The number of benzene rings is 3. The molecule has 2 unspecified atom stereocenters. The molecule has 0 aromatic heterocycles. The molecule has 0 amide bonds. The predicted octanol–water partition coefficient (Wildman–Crippen LogP) is 16.3. The largest absolute Gasteiger partial charge is 0.460 e. The van der Waals surface area contributed by atoms with Gasteiger partial charge in [-0.1, -0.05) is 0 Å². The van der Waals surface area contributed by atoms with E-state index in [0.29, 0.717) is 0 Å². The first-order valence-corrected chi connectivity index (χ1v) is 17.8. The molecule has 4 rings (SSSR count). The van der Waals surface area contributed by atoms with Gasteiger partial charge in [-0.2, -0.15) is 136 Å². The minimum absolute atomic E-state index is 2.75. The summed E-state index contributed by atoms with van der Waals surface area (Å²) < 4.78 is 600. The maximum atomic E-state index is 15.8. The van der Waals surface area contributed by atoms with Crippen molar-refractivity contribution in [3.63, 3.8) is 0 Å². The normalized spacial score (nSPS) is 18.2. The lowest BCUT2D eigenvalue weighted by molar-refractivity contribution is -0.491. The topological polar surface area (TPSA) is 20.2 Å². The van der Waals surface area contributed by atoms with Gasteiger partial charge in [0.15, 0.2) is 52.4 Å². The van der Waals surface area contributed by atoms with E-state index in [2.05, 4.69) is 0 Å². The van der Waals surface area contributed by atoms with Gasteiger partial charge >= 0.3 is 89.1 Å². The molecule has 3 aromatic rings. The van der Waals surface area contributed by atoms with Crippen molar-refractivity contribution < 1.29 is 190 Å². The molecular formula is C34H4F42O. The molecule has 0 saturated heterocycles. The number of rotatable bonds is 15. The van der Waals surface area contributed by atoms with Crippen molar-refractivity contribution in [2.75, 3.05) is 0 Å². The van der Waals surface area contributed by atoms with Gasteiger partial charge in [0.2, 0.25) is 0 Å². The first-order chi connectivity index (χ1) is 33.5. The van der Waals surface area contributed by atoms with Gasteiger partial charge in [0.05, 0.1) is 11.3 Å². The van der Waals surface area contributed by atoms with Crippen LogP contribution in [-0.2, 0) is 0 Å². The van der Waals surface area contributed by atoms with Crippen molar-refractivity contribution >= 4 is 27.4 Å². The third-order valence-corrected chi connectivity index (χ3v) is 11.1. The standard InChI is InChI=1S/C34H4F42O/c35-3-1-2(4-5(10(3)36)6-7(12(38)11(4)37)8-9(15(41)13(6)39)16(42)18(44)17(43)14(8)40)19(45,77)20(46,47)21(48,49)22(50,51)23(52,53)24(54,55)25(56,57)26(58,59)27(60,61)28(62,63)29(64,65)30(66,67)31(68,69)32(70,71)33(72,73)34(74,75)76/h2,77H,1H2. The zero-order valence-corrected chi connectivity index (χ0v) is 33.6. The molecule has 43 heteroatoms.